The number of carbonyl (C=O) groups excluding carboxylic acids is 8. The van der Waals surface area contributed by atoms with Crippen molar-refractivity contribution in [2.45, 2.75) is 166 Å². The number of carboxylic acid groups (broad SMARTS) is 1. The highest BCUT2D eigenvalue weighted by atomic mass is 16.4. The van der Waals surface area contributed by atoms with Crippen molar-refractivity contribution < 1.29 is 48.3 Å². The molecule has 0 aliphatic carbocycles. The van der Waals surface area contributed by atoms with Crippen molar-refractivity contribution in [1.29, 1.82) is 0 Å². The molecule has 0 bridgehead atoms. The van der Waals surface area contributed by atoms with Crippen LogP contribution < -0.4 is 88.4 Å². The summed E-state index contributed by atoms with van der Waals surface area (Å²) in [7, 11) is 0. The number of unbranched alkanes of at least 4 members (excludes halogenated alkanes) is 1. The monoisotopic (exact) mass is 1270 g/mol. The Balaban J connectivity index is 2.04. The Hall–Kier alpha value is -9.38. The first-order valence-electron chi connectivity index (χ1n) is 30.7. The Morgan fingerprint density at radius 3 is 1.03 bits per heavy atom. The fraction of sp³-hybridized carbons (Fsp3) is 0.516. The van der Waals surface area contributed by atoms with Crippen molar-refractivity contribution >= 4 is 71.1 Å². The summed E-state index contributed by atoms with van der Waals surface area (Å²) in [6.45, 7) is 7.26. The third-order valence-corrected chi connectivity index (χ3v) is 14.8. The van der Waals surface area contributed by atoms with Gasteiger partial charge < -0.3 is 93.5 Å². The molecule has 0 aliphatic heterocycles. The predicted molar refractivity (Wildman–Crippen MR) is 348 cm³/mol. The van der Waals surface area contributed by atoms with Crippen molar-refractivity contribution in [3.8, 4) is 0 Å². The van der Waals surface area contributed by atoms with Crippen molar-refractivity contribution in [3.63, 3.8) is 0 Å². The van der Waals surface area contributed by atoms with E-state index in [4.69, 9.17) is 45.9 Å². The van der Waals surface area contributed by atoms with Crippen molar-refractivity contribution in [2.75, 3.05) is 26.2 Å². The molecule has 0 heterocycles. The average Bonchev–Trinajstić information content (AvgIpc) is 3.28. The molecule has 0 spiro atoms. The lowest BCUT2D eigenvalue weighted by Crippen LogP contribution is -2.61. The number of carbonyl (C=O) groups is 9. The van der Waals surface area contributed by atoms with Gasteiger partial charge in [-0.3, -0.25) is 53.3 Å². The van der Waals surface area contributed by atoms with Gasteiger partial charge >= 0.3 is 5.97 Å². The van der Waals surface area contributed by atoms with Gasteiger partial charge in [0, 0.05) is 38.9 Å². The Bertz CT molecular complexity index is 2870. The fourth-order valence-electron chi connectivity index (χ4n) is 9.49. The maximum Gasteiger partial charge on any atom is 0.326 e. The number of amides is 8. The number of aliphatic carboxylic acids is 1. The molecule has 500 valence electrons. The molecule has 25 N–H and O–H groups in total. The summed E-state index contributed by atoms with van der Waals surface area (Å²) in [5.41, 5.74) is 47.4. The molecule has 3 aromatic carbocycles. The molecule has 29 heteroatoms. The molecule has 91 heavy (non-hydrogen) atoms. The lowest BCUT2D eigenvalue weighted by atomic mass is 9.97. The number of benzene rings is 3. The fourth-order valence-corrected chi connectivity index (χ4v) is 9.49. The van der Waals surface area contributed by atoms with Crippen LogP contribution in [0.2, 0.25) is 0 Å². The van der Waals surface area contributed by atoms with Crippen LogP contribution in [-0.2, 0) is 62.4 Å². The molecule has 0 aliphatic rings. The van der Waals surface area contributed by atoms with Crippen LogP contribution in [0.25, 0.3) is 0 Å². The number of aliphatic imine (C=N–C) groups is 3. The van der Waals surface area contributed by atoms with Gasteiger partial charge in [-0.2, -0.15) is 0 Å². The second-order valence-electron chi connectivity index (χ2n) is 22.6. The van der Waals surface area contributed by atoms with Crippen molar-refractivity contribution in [1.82, 2.24) is 42.5 Å². The summed E-state index contributed by atoms with van der Waals surface area (Å²) in [5, 5.41) is 31.9. The number of hydrogen-bond acceptors (Lipinski definition) is 14. The summed E-state index contributed by atoms with van der Waals surface area (Å²) in [4.78, 5) is 140. The maximum absolute atomic E-state index is 14.8. The van der Waals surface area contributed by atoms with Gasteiger partial charge in [-0.15, -0.1) is 0 Å². The zero-order chi connectivity index (χ0) is 67.4. The highest BCUT2D eigenvalue weighted by molar-refractivity contribution is 5.98. The van der Waals surface area contributed by atoms with E-state index in [0.717, 1.165) is 0 Å². The average molecular weight is 1270 g/mol. The van der Waals surface area contributed by atoms with Crippen molar-refractivity contribution in [2.24, 2.45) is 72.7 Å². The minimum atomic E-state index is -1.43. The second-order valence-corrected chi connectivity index (χ2v) is 22.6. The van der Waals surface area contributed by atoms with Crippen LogP contribution in [0.5, 0.6) is 0 Å². The summed E-state index contributed by atoms with van der Waals surface area (Å²) in [6, 6.07) is 14.5. The van der Waals surface area contributed by atoms with Gasteiger partial charge in [-0.1, -0.05) is 132 Å². The molecule has 3 rings (SSSR count). The summed E-state index contributed by atoms with van der Waals surface area (Å²) >= 11 is 0. The van der Waals surface area contributed by atoms with Gasteiger partial charge in [-0.05, 0) is 86.4 Å². The van der Waals surface area contributed by atoms with Crippen molar-refractivity contribution in [3.05, 3.63) is 108 Å². The number of carboxylic acids is 1. The summed E-state index contributed by atoms with van der Waals surface area (Å²) < 4.78 is 0. The van der Waals surface area contributed by atoms with E-state index in [1.807, 2.05) is 0 Å². The summed E-state index contributed by atoms with van der Waals surface area (Å²) in [5.74, 6) is -9.34. The Morgan fingerprint density at radius 1 is 0.407 bits per heavy atom. The smallest absolute Gasteiger partial charge is 0.326 e. The van der Waals surface area contributed by atoms with Gasteiger partial charge in [0.15, 0.2) is 17.9 Å². The van der Waals surface area contributed by atoms with E-state index in [1.54, 1.807) is 119 Å². The Kier molecular flexibility index (Phi) is 34.2. The molecule has 3 aromatic rings. The lowest BCUT2D eigenvalue weighted by molar-refractivity contribution is -0.144. The molecule has 10 atom stereocenters. The van der Waals surface area contributed by atoms with E-state index in [-0.39, 0.29) is 95.3 Å². The highest BCUT2D eigenvalue weighted by Crippen LogP contribution is 2.15. The molecule has 0 saturated carbocycles. The minimum Gasteiger partial charge on any atom is -0.480 e. The van der Waals surface area contributed by atoms with E-state index >= 15 is 0 Å². The van der Waals surface area contributed by atoms with Crippen LogP contribution >= 0.6 is 0 Å². The highest BCUT2D eigenvalue weighted by Gasteiger charge is 2.37. The van der Waals surface area contributed by atoms with E-state index in [1.165, 1.54) is 0 Å². The van der Waals surface area contributed by atoms with Gasteiger partial charge in [0.25, 0.3) is 0 Å². The first-order chi connectivity index (χ1) is 43.3. The molecule has 0 fully saturated rings. The number of guanidine groups is 3. The molecular formula is C62H97N19O10. The number of nitrogens with zero attached hydrogens (tertiary/aromatic N) is 3. The molecule has 0 saturated heterocycles. The molecule has 0 unspecified atom stereocenters. The zero-order valence-corrected chi connectivity index (χ0v) is 52.6. The van der Waals surface area contributed by atoms with E-state index in [2.05, 4.69) is 57.5 Å². The quantitative estimate of drug-likeness (QED) is 0.0166. The van der Waals surface area contributed by atoms with Crippen LogP contribution in [0, 0.1) is 11.8 Å². The number of rotatable bonds is 42. The largest absolute Gasteiger partial charge is 0.480 e. The Morgan fingerprint density at radius 2 is 0.714 bits per heavy atom. The van der Waals surface area contributed by atoms with E-state index in [0.29, 0.717) is 48.9 Å². The third-order valence-electron chi connectivity index (χ3n) is 14.8. The van der Waals surface area contributed by atoms with Gasteiger partial charge in [-0.25, -0.2) is 4.79 Å². The zero-order valence-electron chi connectivity index (χ0n) is 52.6. The van der Waals surface area contributed by atoms with Crippen LogP contribution in [0.15, 0.2) is 106 Å². The minimum absolute atomic E-state index is 0.0131. The molecular weight excluding hydrogens is 1170 g/mol. The maximum atomic E-state index is 14.8. The molecule has 8 amide bonds. The standard InChI is InChI=1S/C62H97N19O10/c1-5-38(4)50(59(90)91)81-57(88)48(36-41-24-13-8-14-25-41)79-54(85)45(29-19-33-73-62(69)70)76-58(89)49(37(2)3)80-56(87)47(35-40-22-11-7-12-23-40)78-53(84)44(28-18-32-72-61(67)68)74-52(83)43(27-17-31-71-60(65)66)75-55(86)46(34-39-20-9-6-10-21-39)77-51(82)42(64)26-15-16-30-63/h6-14,20-25,37-38,42-50H,5,15-19,26-36,63-64H2,1-4H3,(H,74,83)(H,75,86)(H,76,89)(H,77,82)(H,78,84)(H,79,85)(H,80,87)(H,81,88)(H,90,91)(H4,65,66,71)(H4,67,68,72)(H4,69,70,73)/t38-,42-,43-,44-,45-,46-,47-,48-,49-,50-/m0/s1. The van der Waals surface area contributed by atoms with Gasteiger partial charge in [0.05, 0.1) is 6.04 Å². The summed E-state index contributed by atoms with van der Waals surface area (Å²) in [6.07, 6.45) is 1.95. The van der Waals surface area contributed by atoms with Crippen LogP contribution in [0.4, 0.5) is 0 Å². The van der Waals surface area contributed by atoms with Crippen LogP contribution in [0.1, 0.15) is 109 Å². The molecule has 29 nitrogen and oxygen atoms in total. The van der Waals surface area contributed by atoms with E-state index < -0.39 is 119 Å². The van der Waals surface area contributed by atoms with Crippen LogP contribution in [0.3, 0.4) is 0 Å². The third kappa shape index (κ3) is 29.2. The van der Waals surface area contributed by atoms with E-state index in [9.17, 15) is 48.3 Å². The predicted octanol–water partition coefficient (Wildman–Crippen LogP) is -2.00. The normalized spacial score (nSPS) is 14.3. The van der Waals surface area contributed by atoms with Gasteiger partial charge in [0.1, 0.15) is 48.3 Å². The Labute approximate surface area is 532 Å². The van der Waals surface area contributed by atoms with Gasteiger partial charge in [0.2, 0.25) is 47.3 Å². The second kappa shape index (κ2) is 41.0. The first-order valence-corrected chi connectivity index (χ1v) is 30.7. The SMILES string of the molecule is CC[C@H](C)[C@H](NC(=O)[C@H](Cc1ccccc1)NC(=O)[C@H](CCCN=C(N)N)NC(=O)[C@@H](NC(=O)[C@H](Cc1ccccc1)NC(=O)[C@H](CCCN=C(N)N)NC(=O)[C@H](CCCN=C(N)N)NC(=O)[C@H](Cc1ccccc1)NC(=O)[C@@H](N)CCCCN)C(C)C)C(=O)O. The van der Waals surface area contributed by atoms with Crippen LogP contribution in [-0.4, -0.2) is 157 Å². The number of hydrogen-bond donors (Lipinski definition) is 17. The number of nitrogens with two attached hydrogens (primary N) is 8. The molecule has 0 radical (unpaired) electrons. The lowest BCUT2D eigenvalue weighted by Gasteiger charge is -2.29. The molecule has 0 aromatic heterocycles. The first kappa shape index (κ1) is 75.9. The number of nitrogens with one attached hydrogen (secondary N) is 8. The topological polar surface area (TPSA) is 515 Å².